The summed E-state index contributed by atoms with van der Waals surface area (Å²) in [5.41, 5.74) is 2.01. The fourth-order valence-corrected chi connectivity index (χ4v) is 1.64. The van der Waals surface area contributed by atoms with Crippen LogP contribution in [0.2, 0.25) is 0 Å². The van der Waals surface area contributed by atoms with E-state index in [9.17, 15) is 4.79 Å². The van der Waals surface area contributed by atoms with Gasteiger partial charge in [-0.2, -0.15) is 0 Å². The van der Waals surface area contributed by atoms with E-state index in [1.54, 1.807) is 21.0 Å². The average molecular weight is 230 g/mol. The zero-order chi connectivity index (χ0) is 12.4. The molecule has 2 aromatic rings. The molecule has 0 bridgehead atoms. The van der Waals surface area contributed by atoms with E-state index in [4.69, 9.17) is 4.52 Å². The van der Waals surface area contributed by atoms with Crippen molar-refractivity contribution in [2.24, 2.45) is 0 Å². The van der Waals surface area contributed by atoms with Crippen LogP contribution < -0.4 is 0 Å². The smallest absolute Gasteiger partial charge is 0.259 e. The molecule has 1 aromatic carbocycles. The fourth-order valence-electron chi connectivity index (χ4n) is 1.64. The highest BCUT2D eigenvalue weighted by Crippen LogP contribution is 2.25. The second kappa shape index (κ2) is 4.41. The summed E-state index contributed by atoms with van der Waals surface area (Å²) in [4.78, 5) is 13.6. The van der Waals surface area contributed by atoms with Gasteiger partial charge < -0.3 is 9.42 Å². The lowest BCUT2D eigenvalue weighted by Gasteiger charge is -2.10. The molecule has 0 aliphatic rings. The summed E-state index contributed by atoms with van der Waals surface area (Å²) in [6.07, 6.45) is 0. The van der Waals surface area contributed by atoms with Gasteiger partial charge in [0.05, 0.1) is 0 Å². The van der Waals surface area contributed by atoms with Crippen LogP contribution in [0.3, 0.4) is 0 Å². The Bertz CT molecular complexity index is 530. The van der Waals surface area contributed by atoms with Gasteiger partial charge in [-0.3, -0.25) is 4.79 Å². The van der Waals surface area contributed by atoms with Gasteiger partial charge in [0.2, 0.25) is 0 Å². The monoisotopic (exact) mass is 230 g/mol. The number of amides is 1. The SMILES string of the molecule is Cc1onc(-c2ccccc2)c1C(=O)N(C)C. The lowest BCUT2D eigenvalue weighted by atomic mass is 10.1. The summed E-state index contributed by atoms with van der Waals surface area (Å²) in [6, 6.07) is 9.55. The third kappa shape index (κ3) is 2.06. The van der Waals surface area contributed by atoms with Gasteiger partial charge in [0.15, 0.2) is 0 Å². The fraction of sp³-hybridized carbons (Fsp3) is 0.231. The van der Waals surface area contributed by atoms with E-state index in [0.717, 1.165) is 5.56 Å². The molecule has 0 saturated heterocycles. The van der Waals surface area contributed by atoms with Gasteiger partial charge >= 0.3 is 0 Å². The number of benzene rings is 1. The van der Waals surface area contributed by atoms with E-state index < -0.39 is 0 Å². The summed E-state index contributed by atoms with van der Waals surface area (Å²) >= 11 is 0. The molecule has 0 radical (unpaired) electrons. The first kappa shape index (κ1) is 11.4. The van der Waals surface area contributed by atoms with E-state index in [-0.39, 0.29) is 5.91 Å². The average Bonchev–Trinajstić information content (AvgIpc) is 2.71. The van der Waals surface area contributed by atoms with Crippen LogP contribution in [-0.4, -0.2) is 30.1 Å². The highest BCUT2D eigenvalue weighted by Gasteiger charge is 2.22. The molecule has 0 unspecified atom stereocenters. The molecule has 1 aromatic heterocycles. The van der Waals surface area contributed by atoms with Gasteiger partial charge in [0, 0.05) is 19.7 Å². The molecule has 0 N–H and O–H groups in total. The molecule has 0 fully saturated rings. The predicted octanol–water partition coefficient (Wildman–Crippen LogP) is 2.35. The molecule has 1 amide bonds. The van der Waals surface area contributed by atoms with E-state index in [1.807, 2.05) is 30.3 Å². The Labute approximate surface area is 99.8 Å². The van der Waals surface area contributed by atoms with E-state index in [0.29, 0.717) is 17.0 Å². The maximum atomic E-state index is 12.0. The number of aromatic nitrogens is 1. The van der Waals surface area contributed by atoms with Crippen molar-refractivity contribution < 1.29 is 9.32 Å². The van der Waals surface area contributed by atoms with Gasteiger partial charge in [0.25, 0.3) is 5.91 Å². The van der Waals surface area contributed by atoms with Crippen LogP contribution in [0.5, 0.6) is 0 Å². The number of hydrogen-bond donors (Lipinski definition) is 0. The molecule has 88 valence electrons. The number of carbonyl (C=O) groups excluding carboxylic acids is 1. The predicted molar refractivity (Wildman–Crippen MR) is 64.7 cm³/mol. The van der Waals surface area contributed by atoms with E-state index >= 15 is 0 Å². The van der Waals surface area contributed by atoms with Gasteiger partial charge in [-0.15, -0.1) is 0 Å². The third-order valence-electron chi connectivity index (χ3n) is 2.53. The topological polar surface area (TPSA) is 46.3 Å². The summed E-state index contributed by atoms with van der Waals surface area (Å²) in [5.74, 6) is 0.449. The van der Waals surface area contributed by atoms with Crippen molar-refractivity contribution in [2.45, 2.75) is 6.92 Å². The van der Waals surface area contributed by atoms with E-state index in [2.05, 4.69) is 5.16 Å². The summed E-state index contributed by atoms with van der Waals surface area (Å²) in [6.45, 7) is 1.75. The van der Waals surface area contributed by atoms with Crippen molar-refractivity contribution in [2.75, 3.05) is 14.1 Å². The zero-order valence-corrected chi connectivity index (χ0v) is 10.1. The van der Waals surface area contributed by atoms with E-state index in [1.165, 1.54) is 4.90 Å². The van der Waals surface area contributed by atoms with Crippen molar-refractivity contribution in [3.63, 3.8) is 0 Å². The Balaban J connectivity index is 2.54. The third-order valence-corrected chi connectivity index (χ3v) is 2.53. The van der Waals surface area contributed by atoms with Crippen LogP contribution in [0, 0.1) is 6.92 Å². The summed E-state index contributed by atoms with van der Waals surface area (Å²) in [7, 11) is 3.42. The zero-order valence-electron chi connectivity index (χ0n) is 10.1. The molecule has 0 atom stereocenters. The Morgan fingerprint density at radius 3 is 2.47 bits per heavy atom. The van der Waals surface area contributed by atoms with Gasteiger partial charge in [0.1, 0.15) is 17.0 Å². The highest BCUT2D eigenvalue weighted by atomic mass is 16.5. The number of hydrogen-bond acceptors (Lipinski definition) is 3. The molecule has 0 aliphatic heterocycles. The standard InChI is InChI=1S/C13H14N2O2/c1-9-11(13(16)15(2)3)12(14-17-9)10-7-5-4-6-8-10/h4-8H,1-3H3. The van der Waals surface area contributed by atoms with Crippen molar-refractivity contribution >= 4 is 5.91 Å². The lowest BCUT2D eigenvalue weighted by molar-refractivity contribution is 0.0826. The molecule has 0 spiro atoms. The minimum Gasteiger partial charge on any atom is -0.360 e. The first-order valence-corrected chi connectivity index (χ1v) is 5.34. The van der Waals surface area contributed by atoms with Gasteiger partial charge in [-0.1, -0.05) is 35.5 Å². The lowest BCUT2D eigenvalue weighted by Crippen LogP contribution is -2.22. The van der Waals surface area contributed by atoms with Crippen molar-refractivity contribution in [1.82, 2.24) is 10.1 Å². The number of rotatable bonds is 2. The van der Waals surface area contributed by atoms with Gasteiger partial charge in [-0.25, -0.2) is 0 Å². The Morgan fingerprint density at radius 1 is 1.24 bits per heavy atom. The second-order valence-electron chi connectivity index (χ2n) is 4.03. The van der Waals surface area contributed by atoms with Crippen molar-refractivity contribution in [3.8, 4) is 11.3 Å². The minimum atomic E-state index is -0.0948. The summed E-state index contributed by atoms with van der Waals surface area (Å²) in [5, 5.41) is 3.97. The van der Waals surface area contributed by atoms with Crippen LogP contribution in [0.15, 0.2) is 34.9 Å². The minimum absolute atomic E-state index is 0.0948. The number of nitrogens with zero attached hydrogens (tertiary/aromatic N) is 2. The molecular formula is C13H14N2O2. The van der Waals surface area contributed by atoms with Crippen LogP contribution in [-0.2, 0) is 0 Å². The molecule has 4 nitrogen and oxygen atoms in total. The quantitative estimate of drug-likeness (QED) is 0.795. The second-order valence-corrected chi connectivity index (χ2v) is 4.03. The van der Waals surface area contributed by atoms with Crippen LogP contribution in [0.4, 0.5) is 0 Å². The molecule has 0 saturated carbocycles. The van der Waals surface area contributed by atoms with Crippen molar-refractivity contribution in [1.29, 1.82) is 0 Å². The Kier molecular flexibility index (Phi) is 2.95. The largest absolute Gasteiger partial charge is 0.360 e. The van der Waals surface area contributed by atoms with Crippen molar-refractivity contribution in [3.05, 3.63) is 41.7 Å². The maximum Gasteiger partial charge on any atom is 0.259 e. The number of carbonyl (C=O) groups is 1. The molecule has 0 aliphatic carbocycles. The normalized spacial score (nSPS) is 10.3. The first-order chi connectivity index (χ1) is 8.11. The Hall–Kier alpha value is -2.10. The molecule has 17 heavy (non-hydrogen) atoms. The number of aryl methyl sites for hydroxylation is 1. The van der Waals surface area contributed by atoms with Crippen LogP contribution >= 0.6 is 0 Å². The maximum absolute atomic E-state index is 12.0. The summed E-state index contributed by atoms with van der Waals surface area (Å²) < 4.78 is 5.12. The molecular weight excluding hydrogens is 216 g/mol. The first-order valence-electron chi connectivity index (χ1n) is 5.34. The Morgan fingerprint density at radius 2 is 1.88 bits per heavy atom. The highest BCUT2D eigenvalue weighted by molar-refractivity contribution is 6.00. The molecule has 4 heteroatoms. The van der Waals surface area contributed by atoms with Crippen LogP contribution in [0.25, 0.3) is 11.3 Å². The van der Waals surface area contributed by atoms with Crippen LogP contribution in [0.1, 0.15) is 16.1 Å². The molecule has 1 heterocycles. The molecule has 2 rings (SSSR count). The van der Waals surface area contributed by atoms with Gasteiger partial charge in [-0.05, 0) is 6.92 Å².